The van der Waals surface area contributed by atoms with Gasteiger partial charge in [-0.3, -0.25) is 4.79 Å². The Labute approximate surface area is 170 Å². The van der Waals surface area contributed by atoms with E-state index < -0.39 is 0 Å². The van der Waals surface area contributed by atoms with Gasteiger partial charge in [0.05, 0.1) is 7.11 Å². The first kappa shape index (κ1) is 26.2. The van der Waals surface area contributed by atoms with E-state index in [0.29, 0.717) is 6.42 Å². The second-order valence-corrected chi connectivity index (χ2v) is 8.03. The summed E-state index contributed by atoms with van der Waals surface area (Å²) in [5, 5.41) is 0. The van der Waals surface area contributed by atoms with Gasteiger partial charge in [-0.1, -0.05) is 115 Å². The summed E-state index contributed by atoms with van der Waals surface area (Å²) < 4.78 is 4.65. The van der Waals surface area contributed by atoms with Crippen molar-refractivity contribution >= 4 is 5.97 Å². The molecular formula is C25H48O2. The number of allylic oxidation sites excluding steroid dienone is 2. The Bertz CT molecular complexity index is 322. The topological polar surface area (TPSA) is 26.3 Å². The molecule has 0 spiro atoms. The summed E-state index contributed by atoms with van der Waals surface area (Å²) in [4.78, 5) is 11.0. The van der Waals surface area contributed by atoms with Crippen LogP contribution in [0, 0.1) is 0 Å². The van der Waals surface area contributed by atoms with Crippen LogP contribution in [-0.4, -0.2) is 13.1 Å². The van der Waals surface area contributed by atoms with Crippen molar-refractivity contribution in [2.45, 2.75) is 135 Å². The molecule has 0 saturated carbocycles. The molecule has 0 aromatic heterocycles. The Kier molecular flexibility index (Phi) is 22.6. The molecule has 0 bridgehead atoms. The standard InChI is InChI=1S/C25H48O2/c1-3-4-5-6-7-8-9-10-11-12-13-14-15-16-17-18-19-20-21-22-23-24-25(26)27-2/h6-7H,3-5,8-24H2,1-2H3. The van der Waals surface area contributed by atoms with Gasteiger partial charge < -0.3 is 4.74 Å². The van der Waals surface area contributed by atoms with Crippen molar-refractivity contribution in [2.24, 2.45) is 0 Å². The van der Waals surface area contributed by atoms with Gasteiger partial charge in [0, 0.05) is 6.42 Å². The summed E-state index contributed by atoms with van der Waals surface area (Å²) in [5.41, 5.74) is 0. The molecule has 0 saturated heterocycles. The normalized spacial score (nSPS) is 11.3. The fourth-order valence-electron chi connectivity index (χ4n) is 3.49. The molecule has 0 heterocycles. The van der Waals surface area contributed by atoms with Gasteiger partial charge in [-0.05, 0) is 25.7 Å². The average molecular weight is 381 g/mol. The van der Waals surface area contributed by atoms with E-state index in [9.17, 15) is 4.79 Å². The average Bonchev–Trinajstić information content (AvgIpc) is 2.68. The van der Waals surface area contributed by atoms with Gasteiger partial charge in [0.2, 0.25) is 0 Å². The van der Waals surface area contributed by atoms with Crippen molar-refractivity contribution in [2.75, 3.05) is 7.11 Å². The third kappa shape index (κ3) is 23.2. The highest BCUT2D eigenvalue weighted by atomic mass is 16.5. The lowest BCUT2D eigenvalue weighted by molar-refractivity contribution is -0.140. The molecule has 0 aromatic carbocycles. The smallest absolute Gasteiger partial charge is 0.305 e. The molecule has 160 valence electrons. The minimum absolute atomic E-state index is 0.0649. The first-order valence-electron chi connectivity index (χ1n) is 12.0. The molecule has 0 aromatic rings. The first-order valence-corrected chi connectivity index (χ1v) is 12.0. The van der Waals surface area contributed by atoms with Gasteiger partial charge in [0.1, 0.15) is 0 Å². The molecule has 0 rings (SSSR count). The number of ether oxygens (including phenoxy) is 1. The lowest BCUT2D eigenvalue weighted by Gasteiger charge is -2.03. The molecule has 0 aliphatic heterocycles. The molecule has 0 fully saturated rings. The van der Waals surface area contributed by atoms with E-state index >= 15 is 0 Å². The summed E-state index contributed by atoms with van der Waals surface area (Å²) in [7, 11) is 1.47. The van der Waals surface area contributed by atoms with Crippen LogP contribution in [0.15, 0.2) is 12.2 Å². The zero-order chi connectivity index (χ0) is 19.8. The third-order valence-electron chi connectivity index (χ3n) is 5.37. The number of methoxy groups -OCH3 is 1. The molecule has 0 unspecified atom stereocenters. The SMILES string of the molecule is CCCCC=CCCCCCCCCCCCCCCCCCC(=O)OC. The molecule has 2 heteroatoms. The number of hydrogen-bond acceptors (Lipinski definition) is 2. The van der Waals surface area contributed by atoms with Crippen LogP contribution in [0.5, 0.6) is 0 Å². The van der Waals surface area contributed by atoms with Crippen LogP contribution in [-0.2, 0) is 9.53 Å². The Morgan fingerprint density at radius 1 is 0.593 bits per heavy atom. The summed E-state index contributed by atoms with van der Waals surface area (Å²) in [5.74, 6) is -0.0649. The van der Waals surface area contributed by atoms with E-state index in [2.05, 4.69) is 23.8 Å². The molecule has 0 radical (unpaired) electrons. The molecular weight excluding hydrogens is 332 g/mol. The van der Waals surface area contributed by atoms with Crippen molar-refractivity contribution in [3.8, 4) is 0 Å². The summed E-state index contributed by atoms with van der Waals surface area (Å²) >= 11 is 0. The van der Waals surface area contributed by atoms with Crippen LogP contribution in [0.3, 0.4) is 0 Å². The minimum atomic E-state index is -0.0649. The molecule has 0 aliphatic carbocycles. The van der Waals surface area contributed by atoms with Gasteiger partial charge in [-0.2, -0.15) is 0 Å². The monoisotopic (exact) mass is 380 g/mol. The van der Waals surface area contributed by atoms with E-state index in [1.54, 1.807) is 0 Å². The number of hydrogen-bond donors (Lipinski definition) is 0. The van der Waals surface area contributed by atoms with Crippen LogP contribution in [0.2, 0.25) is 0 Å². The number of esters is 1. The lowest BCUT2D eigenvalue weighted by atomic mass is 10.0. The van der Waals surface area contributed by atoms with Crippen LogP contribution < -0.4 is 0 Å². The highest BCUT2D eigenvalue weighted by molar-refractivity contribution is 5.68. The largest absolute Gasteiger partial charge is 0.469 e. The number of unbranched alkanes of at least 4 members (excludes halogenated alkanes) is 17. The van der Waals surface area contributed by atoms with Crippen molar-refractivity contribution in [1.82, 2.24) is 0 Å². The first-order chi connectivity index (χ1) is 13.3. The second-order valence-electron chi connectivity index (χ2n) is 8.03. The van der Waals surface area contributed by atoms with Gasteiger partial charge in [-0.15, -0.1) is 0 Å². The number of rotatable bonds is 21. The zero-order valence-electron chi connectivity index (χ0n) is 18.6. The molecule has 0 N–H and O–H groups in total. The molecule has 2 nitrogen and oxygen atoms in total. The highest BCUT2D eigenvalue weighted by Gasteiger charge is 1.99. The fourth-order valence-corrected chi connectivity index (χ4v) is 3.49. The maximum absolute atomic E-state index is 11.0. The fraction of sp³-hybridized carbons (Fsp3) is 0.880. The Balaban J connectivity index is 3.05. The van der Waals surface area contributed by atoms with Gasteiger partial charge in [-0.25, -0.2) is 0 Å². The van der Waals surface area contributed by atoms with Crippen molar-refractivity contribution in [3.05, 3.63) is 12.2 Å². The van der Waals surface area contributed by atoms with Crippen LogP contribution >= 0.6 is 0 Å². The van der Waals surface area contributed by atoms with Gasteiger partial charge in [0.25, 0.3) is 0 Å². The van der Waals surface area contributed by atoms with E-state index in [-0.39, 0.29) is 5.97 Å². The maximum atomic E-state index is 11.0. The Morgan fingerprint density at radius 3 is 1.37 bits per heavy atom. The van der Waals surface area contributed by atoms with E-state index in [1.807, 2.05) is 0 Å². The van der Waals surface area contributed by atoms with Crippen molar-refractivity contribution < 1.29 is 9.53 Å². The van der Waals surface area contributed by atoms with Gasteiger partial charge >= 0.3 is 5.97 Å². The summed E-state index contributed by atoms with van der Waals surface area (Å²) in [6.07, 6.45) is 30.9. The van der Waals surface area contributed by atoms with Gasteiger partial charge in [0.15, 0.2) is 0 Å². The lowest BCUT2D eigenvalue weighted by Crippen LogP contribution is -1.99. The Morgan fingerprint density at radius 2 is 0.963 bits per heavy atom. The maximum Gasteiger partial charge on any atom is 0.305 e. The van der Waals surface area contributed by atoms with Crippen LogP contribution in [0.1, 0.15) is 135 Å². The minimum Gasteiger partial charge on any atom is -0.469 e. The van der Waals surface area contributed by atoms with Crippen LogP contribution in [0.4, 0.5) is 0 Å². The van der Waals surface area contributed by atoms with Crippen molar-refractivity contribution in [1.29, 1.82) is 0 Å². The van der Waals surface area contributed by atoms with E-state index in [1.165, 1.54) is 123 Å². The number of carbonyl (C=O) groups is 1. The number of carbonyl (C=O) groups excluding carboxylic acids is 1. The summed E-state index contributed by atoms with van der Waals surface area (Å²) in [6.45, 7) is 2.26. The quantitative estimate of drug-likeness (QED) is 0.113. The highest BCUT2D eigenvalue weighted by Crippen LogP contribution is 2.14. The zero-order valence-corrected chi connectivity index (χ0v) is 18.6. The molecule has 0 atom stereocenters. The van der Waals surface area contributed by atoms with Crippen LogP contribution in [0.25, 0.3) is 0 Å². The molecule has 27 heavy (non-hydrogen) atoms. The third-order valence-corrected chi connectivity index (χ3v) is 5.37. The Hall–Kier alpha value is -0.790. The van der Waals surface area contributed by atoms with Crippen molar-refractivity contribution in [3.63, 3.8) is 0 Å². The van der Waals surface area contributed by atoms with E-state index in [4.69, 9.17) is 0 Å². The predicted octanol–water partition coefficient (Wildman–Crippen LogP) is 8.54. The predicted molar refractivity (Wildman–Crippen MR) is 119 cm³/mol. The molecule has 0 amide bonds. The molecule has 0 aliphatic rings. The summed E-state index contributed by atoms with van der Waals surface area (Å²) in [6, 6.07) is 0. The second kappa shape index (κ2) is 23.2. The van der Waals surface area contributed by atoms with E-state index in [0.717, 1.165) is 6.42 Å².